The van der Waals surface area contributed by atoms with Crippen LogP contribution in [0.1, 0.15) is 32.6 Å². The molecule has 2 rings (SSSR count). The summed E-state index contributed by atoms with van der Waals surface area (Å²) < 4.78 is 5.14. The summed E-state index contributed by atoms with van der Waals surface area (Å²) in [4.78, 5) is 19.3. The van der Waals surface area contributed by atoms with E-state index < -0.39 is 0 Å². The number of likely N-dealkylation sites (N-methyl/N-ethyl adjacent to an activating group) is 1. The van der Waals surface area contributed by atoms with Gasteiger partial charge in [0.05, 0.1) is 13.2 Å². The monoisotopic (exact) mass is 321 g/mol. The molecule has 0 aromatic heterocycles. The third-order valence-corrected chi connectivity index (χ3v) is 5.25. The van der Waals surface area contributed by atoms with Crippen molar-refractivity contribution >= 4 is 5.91 Å². The van der Waals surface area contributed by atoms with Crippen LogP contribution in [-0.2, 0) is 9.53 Å². The summed E-state index contributed by atoms with van der Waals surface area (Å²) in [6.07, 6.45) is 3.55. The van der Waals surface area contributed by atoms with Crippen LogP contribution in [0.15, 0.2) is 0 Å². The van der Waals surface area contributed by atoms with Crippen LogP contribution in [-0.4, -0.2) is 86.2 Å². The maximum atomic E-state index is 12.4. The van der Waals surface area contributed by atoms with Gasteiger partial charge in [0, 0.05) is 58.2 Å². The fraction of sp³-hybridized carbons (Fsp3) is 0.833. The van der Waals surface area contributed by atoms with E-state index in [0.29, 0.717) is 19.6 Å². The first-order valence-corrected chi connectivity index (χ1v) is 8.77. The molecule has 0 aliphatic carbocycles. The van der Waals surface area contributed by atoms with Crippen molar-refractivity contribution < 1.29 is 9.53 Å². The lowest BCUT2D eigenvalue weighted by molar-refractivity contribution is -0.131. The summed E-state index contributed by atoms with van der Waals surface area (Å²) in [5.74, 6) is 6.71. The largest absolute Gasteiger partial charge is 0.383 e. The number of amides is 1. The van der Waals surface area contributed by atoms with Gasteiger partial charge >= 0.3 is 0 Å². The first-order valence-electron chi connectivity index (χ1n) is 8.77. The molecule has 2 heterocycles. The molecular formula is C18H31N3O2. The summed E-state index contributed by atoms with van der Waals surface area (Å²) in [6, 6.07) is 0. The molecule has 0 aromatic rings. The minimum atomic E-state index is 0.115. The molecule has 0 aromatic carbocycles. The lowest BCUT2D eigenvalue weighted by Gasteiger charge is -2.49. The van der Waals surface area contributed by atoms with E-state index in [9.17, 15) is 4.79 Å². The zero-order valence-corrected chi connectivity index (χ0v) is 14.9. The fourth-order valence-electron chi connectivity index (χ4n) is 3.64. The number of piperazine rings is 1. The predicted octanol–water partition coefficient (Wildman–Crippen LogP) is 1.04. The van der Waals surface area contributed by atoms with E-state index in [1.807, 2.05) is 4.90 Å². The minimum Gasteiger partial charge on any atom is -0.383 e. The minimum absolute atomic E-state index is 0.115. The van der Waals surface area contributed by atoms with Crippen LogP contribution in [0.2, 0.25) is 0 Å². The fourth-order valence-corrected chi connectivity index (χ4v) is 3.64. The van der Waals surface area contributed by atoms with E-state index in [4.69, 9.17) is 4.74 Å². The molecule has 2 fully saturated rings. The predicted molar refractivity (Wildman–Crippen MR) is 92.2 cm³/mol. The van der Waals surface area contributed by atoms with E-state index >= 15 is 0 Å². The third kappa shape index (κ3) is 4.69. The van der Waals surface area contributed by atoms with E-state index in [2.05, 4.69) is 35.6 Å². The van der Waals surface area contributed by atoms with E-state index in [1.165, 1.54) is 0 Å². The summed E-state index contributed by atoms with van der Waals surface area (Å²) in [5.41, 5.74) is 0.115. The Morgan fingerprint density at radius 1 is 1.22 bits per heavy atom. The standard InChI is InChI=1S/C18H31N3O2/c1-4-5-6-10-20-13-12-19(2)18(16-20)8-7-17(22)21(11-9-18)14-15-23-3/h4,7-16H2,1-3H3/t18-/m0/s1. The zero-order valence-electron chi connectivity index (χ0n) is 14.9. The topological polar surface area (TPSA) is 36.0 Å². The highest BCUT2D eigenvalue weighted by molar-refractivity contribution is 5.76. The van der Waals surface area contributed by atoms with Gasteiger partial charge in [0.25, 0.3) is 0 Å². The van der Waals surface area contributed by atoms with Gasteiger partial charge < -0.3 is 9.64 Å². The van der Waals surface area contributed by atoms with Crippen LogP contribution in [0, 0.1) is 11.8 Å². The van der Waals surface area contributed by atoms with Crippen molar-refractivity contribution in [3.05, 3.63) is 0 Å². The van der Waals surface area contributed by atoms with Crippen LogP contribution in [0.3, 0.4) is 0 Å². The highest BCUT2D eigenvalue weighted by Gasteiger charge is 2.41. The van der Waals surface area contributed by atoms with Crippen molar-refractivity contribution in [3.8, 4) is 11.8 Å². The van der Waals surface area contributed by atoms with Crippen LogP contribution in [0.5, 0.6) is 0 Å². The second-order valence-corrected chi connectivity index (χ2v) is 6.69. The molecule has 1 amide bonds. The molecule has 5 heteroatoms. The van der Waals surface area contributed by atoms with Crippen molar-refractivity contribution in [2.24, 2.45) is 0 Å². The van der Waals surface area contributed by atoms with Gasteiger partial charge in [-0.1, -0.05) is 12.8 Å². The molecule has 5 nitrogen and oxygen atoms in total. The third-order valence-electron chi connectivity index (χ3n) is 5.25. The number of ether oxygens (including phenoxy) is 1. The first-order chi connectivity index (χ1) is 11.1. The molecule has 0 radical (unpaired) electrons. The number of methoxy groups -OCH3 is 1. The molecule has 0 saturated carbocycles. The second-order valence-electron chi connectivity index (χ2n) is 6.69. The Labute approximate surface area is 140 Å². The Morgan fingerprint density at radius 3 is 2.78 bits per heavy atom. The molecule has 1 spiro atoms. The van der Waals surface area contributed by atoms with Crippen LogP contribution >= 0.6 is 0 Å². The molecule has 0 N–H and O–H groups in total. The Morgan fingerprint density at radius 2 is 2.04 bits per heavy atom. The normalized spacial score (nSPS) is 26.9. The van der Waals surface area contributed by atoms with Gasteiger partial charge in [-0.05, 0) is 19.9 Å². The van der Waals surface area contributed by atoms with Crippen molar-refractivity contribution in [1.82, 2.24) is 14.7 Å². The molecule has 1 atom stereocenters. The average Bonchev–Trinajstić information content (AvgIpc) is 2.70. The second kappa shape index (κ2) is 8.68. The van der Waals surface area contributed by atoms with Crippen molar-refractivity contribution in [3.63, 3.8) is 0 Å². The highest BCUT2D eigenvalue weighted by Crippen LogP contribution is 2.31. The number of nitrogens with zero attached hydrogens (tertiary/aromatic N) is 3. The van der Waals surface area contributed by atoms with Crippen LogP contribution in [0.4, 0.5) is 0 Å². The Balaban J connectivity index is 2.01. The van der Waals surface area contributed by atoms with Crippen molar-refractivity contribution in [2.75, 3.05) is 60.0 Å². The smallest absolute Gasteiger partial charge is 0.222 e. The SMILES string of the molecule is CCC#CCN1CCN(C)[C@]2(CCC(=O)N(CCOC)CC2)C1. The summed E-state index contributed by atoms with van der Waals surface area (Å²) in [5, 5.41) is 0. The van der Waals surface area contributed by atoms with Gasteiger partial charge in [-0.15, -0.1) is 5.92 Å². The van der Waals surface area contributed by atoms with Gasteiger partial charge in [0.1, 0.15) is 0 Å². The van der Waals surface area contributed by atoms with Gasteiger partial charge in [0.15, 0.2) is 0 Å². The number of hydrogen-bond acceptors (Lipinski definition) is 4. The molecule has 130 valence electrons. The summed E-state index contributed by atoms with van der Waals surface area (Å²) in [6.45, 7) is 8.25. The lowest BCUT2D eigenvalue weighted by Crippen LogP contribution is -2.61. The Kier molecular flexibility index (Phi) is 6.88. The summed E-state index contributed by atoms with van der Waals surface area (Å²) in [7, 11) is 3.90. The van der Waals surface area contributed by atoms with Crippen molar-refractivity contribution in [2.45, 2.75) is 38.1 Å². The number of carbonyl (C=O) groups is 1. The zero-order chi connectivity index (χ0) is 16.7. The van der Waals surface area contributed by atoms with E-state index in [1.54, 1.807) is 7.11 Å². The van der Waals surface area contributed by atoms with Crippen molar-refractivity contribution in [1.29, 1.82) is 0 Å². The van der Waals surface area contributed by atoms with Gasteiger partial charge in [0.2, 0.25) is 5.91 Å². The summed E-state index contributed by atoms with van der Waals surface area (Å²) >= 11 is 0. The maximum absolute atomic E-state index is 12.4. The van der Waals surface area contributed by atoms with Crippen LogP contribution < -0.4 is 0 Å². The average molecular weight is 321 g/mol. The molecule has 2 saturated heterocycles. The Hall–Kier alpha value is -1.09. The van der Waals surface area contributed by atoms with E-state index in [-0.39, 0.29) is 11.4 Å². The van der Waals surface area contributed by atoms with Gasteiger partial charge in [-0.2, -0.15) is 0 Å². The highest BCUT2D eigenvalue weighted by atomic mass is 16.5. The Bertz CT molecular complexity index is 457. The van der Waals surface area contributed by atoms with Crippen LogP contribution in [0.25, 0.3) is 0 Å². The molecule has 23 heavy (non-hydrogen) atoms. The quantitative estimate of drug-likeness (QED) is 0.725. The van der Waals surface area contributed by atoms with Gasteiger partial charge in [-0.25, -0.2) is 0 Å². The number of hydrogen-bond donors (Lipinski definition) is 0. The molecule has 0 unspecified atom stereocenters. The molecular weight excluding hydrogens is 290 g/mol. The number of rotatable bonds is 4. The lowest BCUT2D eigenvalue weighted by atomic mass is 9.86. The molecule has 2 aliphatic heterocycles. The molecule has 0 bridgehead atoms. The number of likely N-dealkylation sites (tertiary alicyclic amines) is 1. The number of carbonyl (C=O) groups excluding carboxylic acids is 1. The maximum Gasteiger partial charge on any atom is 0.222 e. The molecule has 2 aliphatic rings. The van der Waals surface area contributed by atoms with Gasteiger partial charge in [-0.3, -0.25) is 14.6 Å². The first kappa shape index (κ1) is 18.3. The van der Waals surface area contributed by atoms with E-state index in [0.717, 1.165) is 52.0 Å².